The highest BCUT2D eigenvalue weighted by atomic mass is 16.4. The van der Waals surface area contributed by atoms with E-state index in [-0.39, 0.29) is 0 Å². The Labute approximate surface area is 129 Å². The summed E-state index contributed by atoms with van der Waals surface area (Å²) in [6, 6.07) is 8.10. The highest BCUT2D eigenvalue weighted by Gasteiger charge is 2.13. The predicted molar refractivity (Wildman–Crippen MR) is 84.5 cm³/mol. The number of rotatable bonds is 7. The second kappa shape index (κ2) is 6.70. The van der Waals surface area contributed by atoms with Gasteiger partial charge in [-0.2, -0.15) is 0 Å². The van der Waals surface area contributed by atoms with Crippen molar-refractivity contribution in [2.24, 2.45) is 0 Å². The van der Waals surface area contributed by atoms with Crippen molar-refractivity contribution >= 4 is 11.0 Å². The van der Waals surface area contributed by atoms with Crippen LogP contribution in [0.25, 0.3) is 11.0 Å². The zero-order valence-electron chi connectivity index (χ0n) is 13.0. The minimum Gasteiger partial charge on any atom is -0.423 e. The number of fused-ring (bicyclic) bond motifs is 1. The number of hydrogen-bond donors (Lipinski definition) is 1. The molecular formula is C16H21N5O. The molecule has 0 bridgehead atoms. The first-order valence-corrected chi connectivity index (χ1v) is 7.71. The van der Waals surface area contributed by atoms with E-state index in [9.17, 15) is 0 Å². The van der Waals surface area contributed by atoms with Crippen LogP contribution in [0.5, 0.6) is 0 Å². The van der Waals surface area contributed by atoms with E-state index in [2.05, 4.69) is 38.1 Å². The smallest absolute Gasteiger partial charge is 0.236 e. The fraction of sp³-hybridized carbons (Fsp3) is 0.438. The lowest BCUT2D eigenvalue weighted by molar-refractivity contribution is 0.432. The normalized spacial score (nSPS) is 11.4. The van der Waals surface area contributed by atoms with Crippen molar-refractivity contribution in [3.05, 3.63) is 41.9 Å². The van der Waals surface area contributed by atoms with Crippen molar-refractivity contribution in [2.45, 2.75) is 39.3 Å². The quantitative estimate of drug-likeness (QED) is 0.726. The molecule has 3 rings (SSSR count). The van der Waals surface area contributed by atoms with Gasteiger partial charge in [0, 0.05) is 6.42 Å². The van der Waals surface area contributed by atoms with Crippen molar-refractivity contribution in [3.63, 3.8) is 0 Å². The van der Waals surface area contributed by atoms with Crippen LogP contribution < -0.4 is 5.32 Å². The third-order valence-electron chi connectivity index (χ3n) is 3.61. The second-order valence-corrected chi connectivity index (χ2v) is 5.33. The first-order valence-electron chi connectivity index (χ1n) is 7.71. The Morgan fingerprint density at radius 1 is 1.18 bits per heavy atom. The Balaban J connectivity index is 1.88. The van der Waals surface area contributed by atoms with Crippen molar-refractivity contribution in [1.29, 1.82) is 0 Å². The maximum absolute atomic E-state index is 5.75. The molecule has 0 atom stereocenters. The van der Waals surface area contributed by atoms with Gasteiger partial charge < -0.3 is 14.3 Å². The summed E-state index contributed by atoms with van der Waals surface area (Å²) >= 11 is 0. The molecule has 0 amide bonds. The molecule has 2 aromatic heterocycles. The second-order valence-electron chi connectivity index (χ2n) is 5.33. The maximum Gasteiger partial charge on any atom is 0.236 e. The highest BCUT2D eigenvalue weighted by molar-refractivity contribution is 5.75. The summed E-state index contributed by atoms with van der Waals surface area (Å²) in [4.78, 5) is 4.67. The highest BCUT2D eigenvalue weighted by Crippen LogP contribution is 2.18. The maximum atomic E-state index is 5.75. The number of benzene rings is 1. The fourth-order valence-electron chi connectivity index (χ4n) is 2.51. The third kappa shape index (κ3) is 3.01. The fourth-order valence-corrected chi connectivity index (χ4v) is 2.51. The molecule has 0 unspecified atom stereocenters. The number of aryl methyl sites for hydroxylation is 1. The van der Waals surface area contributed by atoms with E-state index in [1.54, 1.807) is 0 Å². The molecule has 0 radical (unpaired) electrons. The lowest BCUT2D eigenvalue weighted by atomic mass is 10.2. The number of hydrogen-bond acceptors (Lipinski definition) is 5. The molecule has 0 aliphatic heterocycles. The van der Waals surface area contributed by atoms with E-state index < -0.39 is 0 Å². The van der Waals surface area contributed by atoms with Crippen LogP contribution in [0.3, 0.4) is 0 Å². The van der Waals surface area contributed by atoms with E-state index in [0.29, 0.717) is 19.0 Å². The number of para-hydroxylation sites is 2. The average molecular weight is 299 g/mol. The van der Waals surface area contributed by atoms with E-state index in [0.717, 1.165) is 42.0 Å². The Morgan fingerprint density at radius 2 is 2.00 bits per heavy atom. The molecule has 0 spiro atoms. The summed E-state index contributed by atoms with van der Waals surface area (Å²) in [5.74, 6) is 2.32. The van der Waals surface area contributed by atoms with Crippen LogP contribution in [0.15, 0.2) is 28.7 Å². The van der Waals surface area contributed by atoms with Gasteiger partial charge >= 0.3 is 0 Å². The van der Waals surface area contributed by atoms with Gasteiger partial charge in [0.2, 0.25) is 11.8 Å². The van der Waals surface area contributed by atoms with Gasteiger partial charge in [-0.25, -0.2) is 4.98 Å². The lowest BCUT2D eigenvalue weighted by Crippen LogP contribution is -2.13. The van der Waals surface area contributed by atoms with E-state index in [1.807, 2.05) is 25.2 Å². The van der Waals surface area contributed by atoms with Crippen molar-refractivity contribution in [1.82, 2.24) is 25.1 Å². The Morgan fingerprint density at radius 3 is 2.82 bits per heavy atom. The third-order valence-corrected chi connectivity index (χ3v) is 3.61. The minimum absolute atomic E-state index is 0.552. The summed E-state index contributed by atoms with van der Waals surface area (Å²) in [6.07, 6.45) is 3.04. The zero-order valence-corrected chi connectivity index (χ0v) is 13.0. The molecule has 116 valence electrons. The number of nitrogens with one attached hydrogen (secondary N) is 1. The standard InChI is InChI=1S/C16H21N5O/c1-3-4-9-15-19-20-16(22-15)11-21-13-8-6-5-7-12(13)18-14(21)10-17-2/h5-8,17H,3-4,9-11H2,1-2H3. The average Bonchev–Trinajstić information content (AvgIpc) is 3.12. The lowest BCUT2D eigenvalue weighted by Gasteiger charge is -2.05. The molecule has 0 aliphatic rings. The number of aromatic nitrogens is 4. The molecule has 22 heavy (non-hydrogen) atoms. The summed E-state index contributed by atoms with van der Waals surface area (Å²) < 4.78 is 7.88. The molecule has 0 saturated heterocycles. The van der Waals surface area contributed by atoms with Gasteiger partial charge in [-0.05, 0) is 25.6 Å². The number of unbranched alkanes of at least 4 members (excludes halogenated alkanes) is 1. The van der Waals surface area contributed by atoms with Gasteiger partial charge in [0.05, 0.1) is 17.6 Å². The topological polar surface area (TPSA) is 68.8 Å². The van der Waals surface area contributed by atoms with Gasteiger partial charge in [0.25, 0.3) is 0 Å². The molecule has 2 heterocycles. The van der Waals surface area contributed by atoms with Crippen molar-refractivity contribution < 1.29 is 4.42 Å². The molecule has 0 saturated carbocycles. The van der Waals surface area contributed by atoms with E-state index in [1.165, 1.54) is 0 Å². The molecule has 6 nitrogen and oxygen atoms in total. The van der Waals surface area contributed by atoms with E-state index >= 15 is 0 Å². The SMILES string of the molecule is CCCCc1nnc(Cn2c(CNC)nc3ccccc32)o1. The summed E-state index contributed by atoms with van der Waals surface area (Å²) in [7, 11) is 1.92. The monoisotopic (exact) mass is 299 g/mol. The molecule has 1 N–H and O–H groups in total. The summed E-state index contributed by atoms with van der Waals surface area (Å²) in [6.45, 7) is 3.40. The Hall–Kier alpha value is -2.21. The molecule has 6 heteroatoms. The molecular weight excluding hydrogens is 278 g/mol. The van der Waals surface area contributed by atoms with Crippen LogP contribution in [0.4, 0.5) is 0 Å². The van der Waals surface area contributed by atoms with Crippen LogP contribution in [-0.2, 0) is 19.5 Å². The van der Waals surface area contributed by atoms with Crippen LogP contribution in [0.1, 0.15) is 37.4 Å². The van der Waals surface area contributed by atoms with Gasteiger partial charge in [-0.15, -0.1) is 10.2 Å². The first-order chi connectivity index (χ1) is 10.8. The minimum atomic E-state index is 0.552. The van der Waals surface area contributed by atoms with Crippen LogP contribution >= 0.6 is 0 Å². The number of imidazole rings is 1. The molecule has 0 fully saturated rings. The molecule has 3 aromatic rings. The summed E-state index contributed by atoms with van der Waals surface area (Å²) in [5, 5.41) is 11.4. The first kappa shape index (κ1) is 14.7. The summed E-state index contributed by atoms with van der Waals surface area (Å²) in [5.41, 5.74) is 2.07. The van der Waals surface area contributed by atoms with Gasteiger partial charge in [0.1, 0.15) is 12.4 Å². The van der Waals surface area contributed by atoms with Crippen LogP contribution in [0.2, 0.25) is 0 Å². The largest absolute Gasteiger partial charge is 0.423 e. The van der Waals surface area contributed by atoms with Crippen LogP contribution in [0, 0.1) is 0 Å². The Kier molecular flexibility index (Phi) is 4.48. The molecule has 0 aliphatic carbocycles. The van der Waals surface area contributed by atoms with Crippen molar-refractivity contribution in [2.75, 3.05) is 7.05 Å². The van der Waals surface area contributed by atoms with Crippen LogP contribution in [-0.4, -0.2) is 26.8 Å². The number of nitrogens with zero attached hydrogens (tertiary/aromatic N) is 4. The molecule has 1 aromatic carbocycles. The Bertz CT molecular complexity index is 746. The van der Waals surface area contributed by atoms with Gasteiger partial charge in [0.15, 0.2) is 0 Å². The predicted octanol–water partition coefficient (Wildman–Crippen LogP) is 2.53. The van der Waals surface area contributed by atoms with Crippen molar-refractivity contribution in [3.8, 4) is 0 Å². The van der Waals surface area contributed by atoms with Gasteiger partial charge in [-0.3, -0.25) is 0 Å². The van der Waals surface area contributed by atoms with Gasteiger partial charge in [-0.1, -0.05) is 25.5 Å². The van der Waals surface area contributed by atoms with E-state index in [4.69, 9.17) is 4.42 Å². The zero-order chi connectivity index (χ0) is 15.4.